The minimum atomic E-state index is 0.367. The van der Waals surface area contributed by atoms with Gasteiger partial charge in [0, 0.05) is 18.8 Å². The third-order valence-corrected chi connectivity index (χ3v) is 4.09. The molecule has 1 unspecified atom stereocenters. The van der Waals surface area contributed by atoms with Crippen molar-refractivity contribution in [2.45, 2.75) is 18.0 Å². The summed E-state index contributed by atoms with van der Waals surface area (Å²) >= 11 is 1.83. The van der Waals surface area contributed by atoms with Gasteiger partial charge in [0.25, 0.3) is 0 Å². The minimum absolute atomic E-state index is 0.367. The number of hydrogen-bond donors (Lipinski definition) is 1. The highest BCUT2D eigenvalue weighted by molar-refractivity contribution is 7.99. The Kier molecular flexibility index (Phi) is 4.44. The van der Waals surface area contributed by atoms with Gasteiger partial charge in [0.1, 0.15) is 0 Å². The Morgan fingerprint density at radius 1 is 1.33 bits per heavy atom. The second-order valence-corrected chi connectivity index (χ2v) is 5.35. The van der Waals surface area contributed by atoms with Crippen molar-refractivity contribution in [2.24, 2.45) is 7.05 Å². The molecule has 2 aromatic rings. The first-order valence-corrected chi connectivity index (χ1v) is 7.05. The van der Waals surface area contributed by atoms with Crippen LogP contribution in [-0.4, -0.2) is 22.6 Å². The van der Waals surface area contributed by atoms with Crippen LogP contribution in [0.25, 0.3) is 0 Å². The third kappa shape index (κ3) is 3.15. The highest BCUT2D eigenvalue weighted by Gasteiger charge is 2.11. The summed E-state index contributed by atoms with van der Waals surface area (Å²) in [5.41, 5.74) is 2.40. The van der Waals surface area contributed by atoms with E-state index in [-0.39, 0.29) is 0 Å². The van der Waals surface area contributed by atoms with Gasteiger partial charge in [-0.05, 0) is 25.6 Å². The fourth-order valence-corrected chi connectivity index (χ4v) is 3.10. The number of thioether (sulfide) groups is 1. The summed E-state index contributed by atoms with van der Waals surface area (Å²) in [6, 6.07) is 13.0. The molecule has 96 valence electrons. The van der Waals surface area contributed by atoms with Gasteiger partial charge in [0.05, 0.1) is 10.7 Å². The molecular formula is C14H19N3S. The normalized spacial score (nSPS) is 12.6. The van der Waals surface area contributed by atoms with E-state index in [0.717, 1.165) is 11.4 Å². The number of nitrogens with one attached hydrogen (secondary N) is 1. The molecule has 2 rings (SSSR count). The van der Waals surface area contributed by atoms with Gasteiger partial charge in [-0.1, -0.05) is 30.3 Å². The van der Waals surface area contributed by atoms with Crippen molar-refractivity contribution in [2.75, 3.05) is 12.8 Å². The molecule has 0 fully saturated rings. The van der Waals surface area contributed by atoms with E-state index in [4.69, 9.17) is 0 Å². The van der Waals surface area contributed by atoms with E-state index < -0.39 is 0 Å². The van der Waals surface area contributed by atoms with Crippen LogP contribution in [0.1, 0.15) is 17.3 Å². The molecule has 1 heterocycles. The summed E-state index contributed by atoms with van der Waals surface area (Å²) in [7, 11) is 4.00. The minimum Gasteiger partial charge on any atom is -0.312 e. The first kappa shape index (κ1) is 13.2. The lowest BCUT2D eigenvalue weighted by molar-refractivity contribution is 0.656. The van der Waals surface area contributed by atoms with Crippen LogP contribution in [0.15, 0.2) is 41.4 Å². The van der Waals surface area contributed by atoms with Crippen molar-refractivity contribution in [3.05, 3.63) is 47.7 Å². The first-order chi connectivity index (χ1) is 8.70. The van der Waals surface area contributed by atoms with Gasteiger partial charge in [-0.2, -0.15) is 5.10 Å². The van der Waals surface area contributed by atoms with Gasteiger partial charge in [0.2, 0.25) is 0 Å². The molecule has 18 heavy (non-hydrogen) atoms. The standard InChI is InChI=1S/C14H19N3S/c1-11-9-14(17(3)16-11)18-10-13(15-2)12-7-5-4-6-8-12/h4-9,13,15H,10H2,1-3H3. The zero-order valence-electron chi connectivity index (χ0n) is 11.1. The van der Waals surface area contributed by atoms with E-state index in [1.54, 1.807) is 0 Å². The lowest BCUT2D eigenvalue weighted by Crippen LogP contribution is -2.18. The van der Waals surface area contributed by atoms with E-state index >= 15 is 0 Å². The fraction of sp³-hybridized carbons (Fsp3) is 0.357. The summed E-state index contributed by atoms with van der Waals surface area (Å²) in [6.07, 6.45) is 0. The maximum Gasteiger partial charge on any atom is 0.0939 e. The SMILES string of the molecule is CNC(CSc1cc(C)nn1C)c1ccccc1. The molecule has 0 saturated heterocycles. The van der Waals surface area contributed by atoms with Crippen LogP contribution >= 0.6 is 11.8 Å². The van der Waals surface area contributed by atoms with Gasteiger partial charge in [-0.3, -0.25) is 4.68 Å². The molecular weight excluding hydrogens is 242 g/mol. The average Bonchev–Trinajstić information content (AvgIpc) is 2.70. The Balaban J connectivity index is 2.02. The number of rotatable bonds is 5. The Morgan fingerprint density at radius 3 is 2.61 bits per heavy atom. The summed E-state index contributed by atoms with van der Waals surface area (Å²) in [5, 5.41) is 8.94. The van der Waals surface area contributed by atoms with Crippen LogP contribution in [0.4, 0.5) is 0 Å². The van der Waals surface area contributed by atoms with Crippen LogP contribution in [0, 0.1) is 6.92 Å². The summed E-state index contributed by atoms with van der Waals surface area (Å²) in [6.45, 7) is 2.02. The van der Waals surface area contributed by atoms with Crippen LogP contribution < -0.4 is 5.32 Å². The smallest absolute Gasteiger partial charge is 0.0939 e. The summed E-state index contributed by atoms with van der Waals surface area (Å²) in [4.78, 5) is 0. The molecule has 0 radical (unpaired) electrons. The van der Waals surface area contributed by atoms with Crippen molar-refractivity contribution in [3.63, 3.8) is 0 Å². The molecule has 0 aliphatic heterocycles. The van der Waals surface area contributed by atoms with E-state index in [2.05, 4.69) is 40.7 Å². The van der Waals surface area contributed by atoms with Crippen LogP contribution in [-0.2, 0) is 7.05 Å². The number of aryl methyl sites for hydroxylation is 2. The van der Waals surface area contributed by atoms with E-state index in [1.165, 1.54) is 10.6 Å². The van der Waals surface area contributed by atoms with Gasteiger partial charge >= 0.3 is 0 Å². The Bertz CT molecular complexity index is 493. The monoisotopic (exact) mass is 261 g/mol. The first-order valence-electron chi connectivity index (χ1n) is 6.06. The van der Waals surface area contributed by atoms with E-state index in [9.17, 15) is 0 Å². The summed E-state index contributed by atoms with van der Waals surface area (Å²) < 4.78 is 1.94. The maximum atomic E-state index is 4.36. The van der Waals surface area contributed by atoms with Gasteiger partial charge in [-0.25, -0.2) is 0 Å². The van der Waals surface area contributed by atoms with E-state index in [0.29, 0.717) is 6.04 Å². The Labute approximate surface area is 113 Å². The van der Waals surface area contributed by atoms with Crippen LogP contribution in [0.3, 0.4) is 0 Å². The van der Waals surface area contributed by atoms with Crippen LogP contribution in [0.5, 0.6) is 0 Å². The number of hydrogen-bond acceptors (Lipinski definition) is 3. The lowest BCUT2D eigenvalue weighted by Gasteiger charge is -2.16. The molecule has 0 saturated carbocycles. The molecule has 1 atom stereocenters. The Morgan fingerprint density at radius 2 is 2.06 bits per heavy atom. The maximum absolute atomic E-state index is 4.36. The molecule has 0 aliphatic rings. The van der Waals surface area contributed by atoms with Crippen molar-refractivity contribution in [1.82, 2.24) is 15.1 Å². The lowest BCUT2D eigenvalue weighted by atomic mass is 10.1. The van der Waals surface area contributed by atoms with E-state index in [1.807, 2.05) is 43.5 Å². The average molecular weight is 261 g/mol. The molecule has 0 spiro atoms. The van der Waals surface area contributed by atoms with Crippen molar-refractivity contribution >= 4 is 11.8 Å². The molecule has 1 N–H and O–H groups in total. The number of aromatic nitrogens is 2. The topological polar surface area (TPSA) is 29.9 Å². The molecule has 4 heteroatoms. The predicted molar refractivity (Wildman–Crippen MR) is 76.9 cm³/mol. The predicted octanol–water partition coefficient (Wildman–Crippen LogP) is 2.78. The molecule has 0 aliphatic carbocycles. The van der Waals surface area contributed by atoms with Crippen LogP contribution in [0.2, 0.25) is 0 Å². The quantitative estimate of drug-likeness (QED) is 0.839. The third-order valence-electron chi connectivity index (χ3n) is 2.91. The molecule has 1 aromatic carbocycles. The molecule has 3 nitrogen and oxygen atoms in total. The Hall–Kier alpha value is -1.26. The zero-order chi connectivity index (χ0) is 13.0. The fourth-order valence-electron chi connectivity index (χ4n) is 1.92. The van der Waals surface area contributed by atoms with Gasteiger partial charge < -0.3 is 5.32 Å². The summed E-state index contributed by atoms with van der Waals surface area (Å²) in [5.74, 6) is 0.999. The molecule has 0 bridgehead atoms. The second kappa shape index (κ2) is 6.07. The van der Waals surface area contributed by atoms with Crippen molar-refractivity contribution < 1.29 is 0 Å². The molecule has 0 amide bonds. The van der Waals surface area contributed by atoms with Gasteiger partial charge in [-0.15, -0.1) is 11.8 Å². The zero-order valence-corrected chi connectivity index (χ0v) is 11.9. The van der Waals surface area contributed by atoms with Gasteiger partial charge in [0.15, 0.2) is 0 Å². The van der Waals surface area contributed by atoms with Crippen molar-refractivity contribution in [3.8, 4) is 0 Å². The van der Waals surface area contributed by atoms with Crippen molar-refractivity contribution in [1.29, 1.82) is 0 Å². The highest BCUT2D eigenvalue weighted by atomic mass is 32.2. The molecule has 1 aromatic heterocycles. The number of benzene rings is 1. The number of nitrogens with zero attached hydrogens (tertiary/aromatic N) is 2. The largest absolute Gasteiger partial charge is 0.312 e. The second-order valence-electron chi connectivity index (χ2n) is 4.31. The highest BCUT2D eigenvalue weighted by Crippen LogP contribution is 2.24.